The number of imide groups is 1. The number of nitrogens with two attached hydrogens (primary N) is 1. The molecule has 1 unspecified atom stereocenters. The summed E-state index contributed by atoms with van der Waals surface area (Å²) in [5.41, 5.74) is 8.89. The van der Waals surface area contributed by atoms with E-state index in [1.54, 1.807) is 0 Å². The van der Waals surface area contributed by atoms with E-state index in [4.69, 9.17) is 26.9 Å². The van der Waals surface area contributed by atoms with Crippen molar-refractivity contribution < 1.29 is 19.2 Å². The number of rotatable bonds is 7. The van der Waals surface area contributed by atoms with Crippen LogP contribution in [0.1, 0.15) is 17.5 Å². The van der Waals surface area contributed by atoms with Gasteiger partial charge in [0.2, 0.25) is 5.91 Å². The van der Waals surface area contributed by atoms with Crippen LogP contribution < -0.4 is 5.73 Å². The number of oxime groups is 1. The second kappa shape index (κ2) is 9.84. The molecule has 2 aromatic carbocycles. The van der Waals surface area contributed by atoms with E-state index in [2.05, 4.69) is 10.1 Å². The van der Waals surface area contributed by atoms with Gasteiger partial charge in [-0.2, -0.15) is 0 Å². The molecule has 166 valence electrons. The van der Waals surface area contributed by atoms with Gasteiger partial charge in [0.15, 0.2) is 6.10 Å². The third-order valence-electron chi connectivity index (χ3n) is 5.21. The average molecular weight is 455 g/mol. The fraction of sp³-hybridized carbons (Fsp3) is 0.261. The second-order valence-corrected chi connectivity index (χ2v) is 7.99. The molecule has 1 aliphatic heterocycles. The fourth-order valence-electron chi connectivity index (χ4n) is 3.57. The Hall–Kier alpha value is -3.36. The summed E-state index contributed by atoms with van der Waals surface area (Å²) >= 11 is 5.88. The van der Waals surface area contributed by atoms with Crippen molar-refractivity contribution in [3.8, 4) is 0 Å². The molecule has 0 saturated carbocycles. The van der Waals surface area contributed by atoms with Gasteiger partial charge in [-0.3, -0.25) is 4.79 Å². The predicted molar refractivity (Wildman–Crippen MR) is 121 cm³/mol. The Bertz CT molecular complexity index is 1130. The first kappa shape index (κ1) is 21.9. The smallest absolute Gasteiger partial charge is 0.417 e. The summed E-state index contributed by atoms with van der Waals surface area (Å²) in [6.45, 7) is -0.0301. The molecule has 0 radical (unpaired) electrons. The lowest BCUT2D eigenvalue weighted by Crippen LogP contribution is -2.50. The van der Waals surface area contributed by atoms with Gasteiger partial charge in [0.05, 0.1) is 12.6 Å². The number of benzene rings is 2. The highest BCUT2D eigenvalue weighted by Gasteiger charge is 2.33. The van der Waals surface area contributed by atoms with Crippen LogP contribution in [0.2, 0.25) is 0 Å². The highest BCUT2D eigenvalue weighted by atomic mass is 35.5. The zero-order chi connectivity index (χ0) is 22.5. The Balaban J connectivity index is 1.47. The largest absolute Gasteiger partial charge is 0.444 e. The van der Waals surface area contributed by atoms with Crippen LogP contribution >= 0.6 is 11.6 Å². The number of hydrogen-bond acceptors (Lipinski definition) is 6. The number of fused-ring (bicyclic) bond motifs is 1. The number of hydrogen-bond donors (Lipinski definition) is 2. The summed E-state index contributed by atoms with van der Waals surface area (Å²) in [6.07, 6.45) is 1.04. The van der Waals surface area contributed by atoms with Crippen molar-refractivity contribution in [2.75, 3.05) is 6.54 Å². The van der Waals surface area contributed by atoms with Gasteiger partial charge in [-0.1, -0.05) is 65.3 Å². The third-order valence-corrected chi connectivity index (χ3v) is 5.43. The summed E-state index contributed by atoms with van der Waals surface area (Å²) in [4.78, 5) is 35.4. The van der Waals surface area contributed by atoms with Gasteiger partial charge in [-0.15, -0.1) is 0 Å². The van der Waals surface area contributed by atoms with Crippen molar-refractivity contribution in [3.05, 3.63) is 71.9 Å². The van der Waals surface area contributed by atoms with Gasteiger partial charge >= 0.3 is 6.09 Å². The lowest BCUT2D eigenvalue weighted by Gasteiger charge is -2.25. The van der Waals surface area contributed by atoms with Crippen molar-refractivity contribution in [3.63, 3.8) is 0 Å². The molecule has 1 aliphatic rings. The van der Waals surface area contributed by atoms with Crippen molar-refractivity contribution in [2.45, 2.75) is 31.6 Å². The quantitative estimate of drug-likeness (QED) is 0.567. The van der Waals surface area contributed by atoms with Crippen LogP contribution in [-0.2, 0) is 27.4 Å². The van der Waals surface area contributed by atoms with Crippen LogP contribution in [0.3, 0.4) is 0 Å². The molecular weight excluding hydrogens is 432 g/mol. The maximum atomic E-state index is 13.2. The number of ether oxygens (including phenoxy) is 1. The van der Waals surface area contributed by atoms with Crippen LogP contribution in [-0.4, -0.2) is 45.7 Å². The van der Waals surface area contributed by atoms with Gasteiger partial charge in [-0.25, -0.2) is 9.69 Å². The minimum Gasteiger partial charge on any atom is -0.444 e. The highest BCUT2D eigenvalue weighted by Crippen LogP contribution is 2.20. The van der Waals surface area contributed by atoms with E-state index in [0.717, 1.165) is 26.9 Å². The summed E-state index contributed by atoms with van der Waals surface area (Å²) in [6, 6.07) is 16.0. The molecule has 2 heterocycles. The van der Waals surface area contributed by atoms with Crippen molar-refractivity contribution >= 4 is 39.7 Å². The Morgan fingerprint density at radius 3 is 2.72 bits per heavy atom. The van der Waals surface area contributed by atoms with Crippen LogP contribution in [0.15, 0.2) is 65.9 Å². The van der Waals surface area contributed by atoms with E-state index in [0.29, 0.717) is 6.42 Å². The van der Waals surface area contributed by atoms with Crippen LogP contribution in [0.4, 0.5) is 4.79 Å². The third kappa shape index (κ3) is 5.09. The van der Waals surface area contributed by atoms with Gasteiger partial charge < -0.3 is 20.3 Å². The standard InChI is InChI=1S/C23H23ClN4O4/c24-21-11-17(32-27-21)13-28(23(30)31-14-15-6-2-1-3-7-15)22(29)19(25)10-16-12-26-20-9-5-4-8-18(16)20/h1-9,12,17,19,26H,10-11,13-14,25H2/t17?,19-/m0/s1. The summed E-state index contributed by atoms with van der Waals surface area (Å²) in [5, 5.41) is 4.94. The first-order chi connectivity index (χ1) is 15.5. The molecule has 3 aromatic rings. The number of halogens is 1. The zero-order valence-electron chi connectivity index (χ0n) is 17.2. The van der Waals surface area contributed by atoms with Crippen molar-refractivity contribution in [2.24, 2.45) is 10.9 Å². The second-order valence-electron chi connectivity index (χ2n) is 7.56. The molecule has 8 nitrogen and oxygen atoms in total. The lowest BCUT2D eigenvalue weighted by molar-refractivity contribution is -0.132. The topological polar surface area (TPSA) is 110 Å². The number of H-pyrrole nitrogens is 1. The van der Waals surface area contributed by atoms with Gasteiger partial charge in [0.25, 0.3) is 0 Å². The first-order valence-corrected chi connectivity index (χ1v) is 10.6. The van der Waals surface area contributed by atoms with Crippen molar-refractivity contribution in [1.29, 1.82) is 0 Å². The molecule has 32 heavy (non-hydrogen) atoms. The van der Waals surface area contributed by atoms with E-state index in [1.165, 1.54) is 0 Å². The number of carbonyl (C=O) groups excluding carboxylic acids is 2. The predicted octanol–water partition coefficient (Wildman–Crippen LogP) is 3.54. The number of carbonyl (C=O) groups is 2. The highest BCUT2D eigenvalue weighted by molar-refractivity contribution is 6.65. The SMILES string of the molecule is N[C@@H](Cc1c[nH]c2ccccc12)C(=O)N(CC1CC(Cl)=NO1)C(=O)OCc1ccccc1. The molecule has 0 spiro atoms. The normalized spacial score (nSPS) is 16.3. The summed E-state index contributed by atoms with van der Waals surface area (Å²) in [5.74, 6) is -0.556. The zero-order valence-corrected chi connectivity index (χ0v) is 18.0. The van der Waals surface area contributed by atoms with E-state index < -0.39 is 24.1 Å². The van der Waals surface area contributed by atoms with E-state index >= 15 is 0 Å². The van der Waals surface area contributed by atoms with Crippen LogP contribution in [0, 0.1) is 0 Å². The lowest BCUT2D eigenvalue weighted by atomic mass is 10.0. The molecular formula is C23H23ClN4O4. The minimum atomic E-state index is -0.948. The number of aromatic nitrogens is 1. The summed E-state index contributed by atoms with van der Waals surface area (Å²) in [7, 11) is 0. The fourth-order valence-corrected chi connectivity index (χ4v) is 3.78. The number of amides is 2. The number of nitrogens with one attached hydrogen (secondary N) is 1. The number of para-hydroxylation sites is 1. The molecule has 3 N–H and O–H groups in total. The average Bonchev–Trinajstić information content (AvgIpc) is 3.42. The van der Waals surface area contributed by atoms with Crippen LogP contribution in [0.25, 0.3) is 10.9 Å². The molecule has 2 atom stereocenters. The molecule has 2 amide bonds. The molecule has 1 aromatic heterocycles. The monoisotopic (exact) mass is 454 g/mol. The van der Waals surface area contributed by atoms with Gasteiger partial charge in [0.1, 0.15) is 11.8 Å². The Morgan fingerprint density at radius 2 is 1.97 bits per heavy atom. The number of nitrogens with zero attached hydrogens (tertiary/aromatic N) is 2. The molecule has 0 bridgehead atoms. The Kier molecular flexibility index (Phi) is 6.72. The molecule has 9 heteroatoms. The van der Waals surface area contributed by atoms with Crippen LogP contribution in [0.5, 0.6) is 0 Å². The number of aromatic amines is 1. The Labute approximate surface area is 189 Å². The molecule has 0 saturated heterocycles. The molecule has 0 fully saturated rings. The van der Waals surface area contributed by atoms with Crippen molar-refractivity contribution in [1.82, 2.24) is 9.88 Å². The van der Waals surface area contributed by atoms with Gasteiger partial charge in [-0.05, 0) is 23.6 Å². The Morgan fingerprint density at radius 1 is 1.22 bits per heavy atom. The summed E-state index contributed by atoms with van der Waals surface area (Å²) < 4.78 is 5.38. The van der Waals surface area contributed by atoms with E-state index in [9.17, 15) is 9.59 Å². The molecule has 0 aliphatic carbocycles. The maximum Gasteiger partial charge on any atom is 0.417 e. The molecule has 4 rings (SSSR count). The van der Waals surface area contributed by atoms with E-state index in [1.807, 2.05) is 60.8 Å². The van der Waals surface area contributed by atoms with Gasteiger partial charge in [0, 0.05) is 23.5 Å². The van der Waals surface area contributed by atoms with E-state index in [-0.39, 0.29) is 24.7 Å². The maximum absolute atomic E-state index is 13.2. The first-order valence-electron chi connectivity index (χ1n) is 10.2. The minimum absolute atomic E-state index is 0.0317.